The van der Waals surface area contributed by atoms with Gasteiger partial charge in [0.15, 0.2) is 0 Å². The molecule has 3 rings (SSSR count). The van der Waals surface area contributed by atoms with Crippen molar-refractivity contribution in [1.82, 2.24) is 9.55 Å². The van der Waals surface area contributed by atoms with Crippen molar-refractivity contribution in [3.63, 3.8) is 0 Å². The third kappa shape index (κ3) is 3.15. The van der Waals surface area contributed by atoms with E-state index in [9.17, 15) is 4.79 Å². The fourth-order valence-corrected chi connectivity index (χ4v) is 2.89. The van der Waals surface area contributed by atoms with Gasteiger partial charge in [0.1, 0.15) is 12.4 Å². The molecule has 0 unspecified atom stereocenters. The molecule has 0 spiro atoms. The van der Waals surface area contributed by atoms with Gasteiger partial charge in [-0.2, -0.15) is 0 Å². The van der Waals surface area contributed by atoms with Crippen LogP contribution < -0.4 is 5.32 Å². The number of nitrogens with zero attached hydrogens (tertiary/aromatic N) is 2. The van der Waals surface area contributed by atoms with E-state index in [0.29, 0.717) is 10.7 Å². The Bertz CT molecular complexity index is 752. The summed E-state index contributed by atoms with van der Waals surface area (Å²) >= 11 is 7.62. The average molecular weight is 318 g/mol. The van der Waals surface area contributed by atoms with Crippen LogP contribution in [0.25, 0.3) is 10.7 Å². The van der Waals surface area contributed by atoms with E-state index in [2.05, 4.69) is 10.3 Å². The molecular weight excluding hydrogens is 306 g/mol. The number of hydrogen-bond donors (Lipinski definition) is 1. The van der Waals surface area contributed by atoms with Gasteiger partial charge in [0, 0.05) is 12.4 Å². The van der Waals surface area contributed by atoms with Gasteiger partial charge in [0.25, 0.3) is 0 Å². The van der Waals surface area contributed by atoms with Crippen LogP contribution in [0.5, 0.6) is 0 Å². The summed E-state index contributed by atoms with van der Waals surface area (Å²) in [6.07, 6.45) is 3.49. The lowest BCUT2D eigenvalue weighted by Gasteiger charge is -2.09. The number of benzene rings is 1. The molecule has 0 saturated heterocycles. The number of anilines is 1. The van der Waals surface area contributed by atoms with Crippen LogP contribution in [0, 0.1) is 0 Å². The van der Waals surface area contributed by atoms with Gasteiger partial charge in [-0.25, -0.2) is 4.98 Å². The van der Waals surface area contributed by atoms with E-state index < -0.39 is 0 Å². The Morgan fingerprint density at radius 1 is 1.29 bits per heavy atom. The molecule has 1 aromatic carbocycles. The van der Waals surface area contributed by atoms with Crippen LogP contribution in [0.15, 0.2) is 54.2 Å². The molecule has 0 saturated carbocycles. The third-order valence-corrected chi connectivity index (χ3v) is 4.11. The third-order valence-electron chi connectivity index (χ3n) is 2.92. The fraction of sp³-hybridized carbons (Fsp3) is 0.0667. The largest absolute Gasteiger partial charge is 0.323 e. The maximum atomic E-state index is 12.1. The van der Waals surface area contributed by atoms with Gasteiger partial charge < -0.3 is 9.88 Å². The summed E-state index contributed by atoms with van der Waals surface area (Å²) in [5, 5.41) is 5.31. The number of amides is 1. The lowest BCUT2D eigenvalue weighted by molar-refractivity contribution is -0.116. The molecule has 0 radical (unpaired) electrons. The summed E-state index contributed by atoms with van der Waals surface area (Å²) in [5.41, 5.74) is 0.613. The highest BCUT2D eigenvalue weighted by Gasteiger charge is 2.11. The van der Waals surface area contributed by atoms with Gasteiger partial charge in [0.2, 0.25) is 5.91 Å². The highest BCUT2D eigenvalue weighted by molar-refractivity contribution is 7.13. The van der Waals surface area contributed by atoms with E-state index in [1.807, 2.05) is 34.2 Å². The maximum Gasteiger partial charge on any atom is 0.244 e. The quantitative estimate of drug-likeness (QED) is 0.793. The molecule has 4 nitrogen and oxygen atoms in total. The standard InChI is InChI=1S/C15H12ClN3OS/c16-11-4-1-2-5-12(11)18-14(20)10-19-8-7-17-15(19)13-6-3-9-21-13/h1-9H,10H2,(H,18,20). The van der Waals surface area contributed by atoms with E-state index in [1.54, 1.807) is 35.9 Å². The van der Waals surface area contributed by atoms with E-state index in [4.69, 9.17) is 11.6 Å². The van der Waals surface area contributed by atoms with E-state index in [0.717, 1.165) is 10.7 Å². The van der Waals surface area contributed by atoms with E-state index in [1.165, 1.54) is 0 Å². The summed E-state index contributed by atoms with van der Waals surface area (Å²) in [5.74, 6) is 0.651. The van der Waals surface area contributed by atoms with Crippen molar-refractivity contribution >= 4 is 34.5 Å². The second-order valence-corrected chi connectivity index (χ2v) is 5.74. The Morgan fingerprint density at radius 3 is 2.90 bits per heavy atom. The Labute approximate surface area is 131 Å². The number of nitrogens with one attached hydrogen (secondary N) is 1. The molecule has 3 aromatic rings. The van der Waals surface area contributed by atoms with Crippen molar-refractivity contribution in [3.8, 4) is 10.7 Å². The second-order valence-electron chi connectivity index (χ2n) is 4.38. The molecule has 106 valence electrons. The Morgan fingerprint density at radius 2 is 2.14 bits per heavy atom. The number of rotatable bonds is 4. The van der Waals surface area contributed by atoms with Crippen LogP contribution in [0.1, 0.15) is 0 Å². The van der Waals surface area contributed by atoms with Gasteiger partial charge in [0.05, 0.1) is 15.6 Å². The summed E-state index contributed by atoms with van der Waals surface area (Å²) in [6.45, 7) is 0.193. The monoisotopic (exact) mass is 317 g/mol. The zero-order chi connectivity index (χ0) is 14.7. The van der Waals surface area contributed by atoms with Gasteiger partial charge >= 0.3 is 0 Å². The number of aromatic nitrogens is 2. The molecule has 0 aliphatic rings. The molecule has 21 heavy (non-hydrogen) atoms. The number of para-hydroxylation sites is 1. The summed E-state index contributed by atoms with van der Waals surface area (Å²) in [4.78, 5) is 17.5. The first kappa shape index (κ1) is 13.9. The first-order chi connectivity index (χ1) is 10.2. The van der Waals surface area contributed by atoms with Crippen LogP contribution in [0.4, 0.5) is 5.69 Å². The highest BCUT2D eigenvalue weighted by Crippen LogP contribution is 2.23. The van der Waals surface area contributed by atoms with Crippen LogP contribution in [-0.4, -0.2) is 15.5 Å². The van der Waals surface area contributed by atoms with Crippen molar-refractivity contribution in [2.75, 3.05) is 5.32 Å². The number of carbonyl (C=O) groups excluding carboxylic acids is 1. The first-order valence-corrected chi connectivity index (χ1v) is 7.59. The molecule has 0 bridgehead atoms. The van der Waals surface area contributed by atoms with E-state index in [-0.39, 0.29) is 12.5 Å². The number of imidazole rings is 1. The molecule has 2 heterocycles. The topological polar surface area (TPSA) is 46.9 Å². The molecule has 2 aromatic heterocycles. The van der Waals surface area contributed by atoms with Crippen molar-refractivity contribution in [2.45, 2.75) is 6.54 Å². The smallest absolute Gasteiger partial charge is 0.244 e. The Balaban J connectivity index is 1.74. The SMILES string of the molecule is O=C(Cn1ccnc1-c1cccs1)Nc1ccccc1Cl. The number of hydrogen-bond acceptors (Lipinski definition) is 3. The molecule has 6 heteroatoms. The van der Waals surface area contributed by atoms with Crippen molar-refractivity contribution < 1.29 is 4.79 Å². The molecule has 0 aliphatic heterocycles. The lowest BCUT2D eigenvalue weighted by Crippen LogP contribution is -2.19. The molecular formula is C15H12ClN3OS. The zero-order valence-corrected chi connectivity index (χ0v) is 12.6. The minimum absolute atomic E-state index is 0.140. The zero-order valence-electron chi connectivity index (χ0n) is 11.0. The van der Waals surface area contributed by atoms with Gasteiger partial charge in [-0.05, 0) is 23.6 Å². The highest BCUT2D eigenvalue weighted by atomic mass is 35.5. The molecule has 1 N–H and O–H groups in total. The first-order valence-electron chi connectivity index (χ1n) is 6.33. The molecule has 0 aliphatic carbocycles. The Kier molecular flexibility index (Phi) is 4.03. The number of thiophene rings is 1. The van der Waals surface area contributed by atoms with Gasteiger partial charge in [-0.15, -0.1) is 11.3 Å². The summed E-state index contributed by atoms with van der Waals surface area (Å²) < 4.78 is 1.82. The molecule has 0 atom stereocenters. The second kappa shape index (κ2) is 6.11. The van der Waals surface area contributed by atoms with Gasteiger partial charge in [-0.3, -0.25) is 4.79 Å². The number of halogens is 1. The molecule has 0 fully saturated rings. The average Bonchev–Trinajstić information content (AvgIpc) is 3.11. The maximum absolute atomic E-state index is 12.1. The minimum Gasteiger partial charge on any atom is -0.323 e. The van der Waals surface area contributed by atoms with Crippen LogP contribution in [0.3, 0.4) is 0 Å². The van der Waals surface area contributed by atoms with Crippen molar-refractivity contribution in [2.24, 2.45) is 0 Å². The normalized spacial score (nSPS) is 10.5. The summed E-state index contributed by atoms with van der Waals surface area (Å²) in [6, 6.07) is 11.1. The van der Waals surface area contributed by atoms with Gasteiger partial charge in [-0.1, -0.05) is 29.8 Å². The van der Waals surface area contributed by atoms with Crippen molar-refractivity contribution in [1.29, 1.82) is 0 Å². The Hall–Kier alpha value is -2.11. The van der Waals surface area contributed by atoms with Crippen LogP contribution in [0.2, 0.25) is 5.02 Å². The van der Waals surface area contributed by atoms with E-state index >= 15 is 0 Å². The van der Waals surface area contributed by atoms with Crippen molar-refractivity contribution in [3.05, 3.63) is 59.2 Å². The minimum atomic E-state index is -0.140. The molecule has 1 amide bonds. The fourth-order valence-electron chi connectivity index (χ4n) is 1.97. The summed E-state index contributed by atoms with van der Waals surface area (Å²) in [7, 11) is 0. The predicted molar refractivity (Wildman–Crippen MR) is 85.6 cm³/mol. The van der Waals surface area contributed by atoms with Crippen LogP contribution in [-0.2, 0) is 11.3 Å². The number of carbonyl (C=O) groups is 1. The lowest BCUT2D eigenvalue weighted by atomic mass is 10.3. The predicted octanol–water partition coefficient (Wildman–Crippen LogP) is 3.90. The van der Waals surface area contributed by atoms with Crippen LogP contribution >= 0.6 is 22.9 Å².